The fourth-order valence-electron chi connectivity index (χ4n) is 5.40. The molecule has 0 radical (unpaired) electrons. The summed E-state index contributed by atoms with van der Waals surface area (Å²) in [6.45, 7) is 9.00. The molecule has 1 fully saturated rings. The molecule has 2 aliphatic rings. The normalized spacial score (nSPS) is 26.1. The van der Waals surface area contributed by atoms with Crippen LogP contribution in [0.2, 0.25) is 0 Å². The third kappa shape index (κ3) is 7.01. The van der Waals surface area contributed by atoms with Gasteiger partial charge in [-0.2, -0.15) is 0 Å². The molecule has 0 aromatic heterocycles. The highest BCUT2D eigenvalue weighted by molar-refractivity contribution is 7.85. The maximum Gasteiger partial charge on any atom is 0.124 e. The number of nitrogens with one attached hydrogen (secondary N) is 1. The molecule has 1 saturated heterocycles. The van der Waals surface area contributed by atoms with Crippen molar-refractivity contribution < 1.29 is 17.5 Å². The molecule has 34 heavy (non-hydrogen) atoms. The molecule has 1 aliphatic carbocycles. The van der Waals surface area contributed by atoms with Crippen molar-refractivity contribution in [2.75, 3.05) is 33.2 Å². The number of benzene rings is 2. The Morgan fingerprint density at radius 1 is 1.09 bits per heavy atom. The molecule has 0 bridgehead atoms. The lowest BCUT2D eigenvalue weighted by molar-refractivity contribution is -0.935. The predicted molar refractivity (Wildman–Crippen MR) is 138 cm³/mol. The topological polar surface area (TPSA) is 69.2 Å². The Morgan fingerprint density at radius 3 is 2.44 bits per heavy atom. The molecule has 1 aliphatic heterocycles. The summed E-state index contributed by atoms with van der Waals surface area (Å²) in [7, 11) is -1.79. The highest BCUT2D eigenvalue weighted by Crippen LogP contribution is 2.39. The van der Waals surface area contributed by atoms with Gasteiger partial charge in [0.2, 0.25) is 0 Å². The van der Waals surface area contributed by atoms with E-state index in [4.69, 9.17) is 0 Å². The van der Waals surface area contributed by atoms with Crippen LogP contribution < -0.4 is 5.32 Å². The monoisotopic (exact) mass is 484 g/mol. The van der Waals surface area contributed by atoms with Gasteiger partial charge in [0, 0.05) is 19.0 Å². The van der Waals surface area contributed by atoms with E-state index in [9.17, 15) is 13.0 Å². The number of allylic oxidation sites excluding steroid dienone is 2. The molecule has 0 spiro atoms. The van der Waals surface area contributed by atoms with Gasteiger partial charge < -0.3 is 14.4 Å². The summed E-state index contributed by atoms with van der Waals surface area (Å²) in [6, 6.07) is 17.8. The molecule has 4 atom stereocenters. The van der Waals surface area contributed by atoms with Gasteiger partial charge >= 0.3 is 0 Å². The van der Waals surface area contributed by atoms with Gasteiger partial charge in [0.15, 0.2) is 0 Å². The summed E-state index contributed by atoms with van der Waals surface area (Å²) < 4.78 is 32.4. The van der Waals surface area contributed by atoms with Gasteiger partial charge in [0.1, 0.15) is 16.2 Å². The van der Waals surface area contributed by atoms with Gasteiger partial charge in [0.25, 0.3) is 0 Å². The van der Waals surface area contributed by atoms with E-state index in [0.717, 1.165) is 24.6 Å². The van der Waals surface area contributed by atoms with Crippen LogP contribution in [-0.4, -0.2) is 56.7 Å². The van der Waals surface area contributed by atoms with Gasteiger partial charge in [-0.25, -0.2) is 8.42 Å². The predicted octanol–water partition coefficient (Wildman–Crippen LogP) is 4.85. The average molecular weight is 485 g/mol. The second-order valence-electron chi connectivity index (χ2n) is 9.89. The van der Waals surface area contributed by atoms with Crippen molar-refractivity contribution in [3.05, 3.63) is 77.9 Å². The van der Waals surface area contributed by atoms with Crippen LogP contribution >= 0.6 is 0 Å². The van der Waals surface area contributed by atoms with E-state index in [1.54, 1.807) is 17.7 Å². The standard InChI is InChI=1S/C21H33N2.C7H8O3S/c1-3-23(2)16-15-22-17-20(23)21(19-13-9-6-10-14-19)18-11-7-4-5-8-12-18;1-6-2-4-7(5-3-6)11(8,9)10/h4,6-7,9-10,13-14,18,20-22H,3,5,8,11-12,15-17H2,1-2H3;2-5H,1H3,(H,8,9,10)/q+1;/p-1. The lowest BCUT2D eigenvalue weighted by Gasteiger charge is -2.49. The van der Waals surface area contributed by atoms with E-state index in [1.165, 1.54) is 55.4 Å². The van der Waals surface area contributed by atoms with Crippen LogP contribution in [0.3, 0.4) is 0 Å². The Morgan fingerprint density at radius 2 is 1.79 bits per heavy atom. The van der Waals surface area contributed by atoms with Crippen molar-refractivity contribution in [2.45, 2.75) is 56.4 Å². The first kappa shape index (κ1) is 26.6. The number of likely N-dealkylation sites (N-methyl/N-ethyl adjacent to an activating group) is 1. The molecular formula is C28H40N2O3S. The van der Waals surface area contributed by atoms with Crippen LogP contribution in [0.25, 0.3) is 0 Å². The number of rotatable bonds is 5. The van der Waals surface area contributed by atoms with E-state index >= 15 is 0 Å². The fourth-order valence-corrected chi connectivity index (χ4v) is 5.87. The van der Waals surface area contributed by atoms with Crippen LogP contribution in [0.4, 0.5) is 0 Å². The third-order valence-electron chi connectivity index (χ3n) is 7.64. The lowest BCUT2D eigenvalue weighted by Crippen LogP contribution is -2.65. The minimum absolute atomic E-state index is 0.178. The summed E-state index contributed by atoms with van der Waals surface area (Å²) in [5, 5.41) is 3.70. The first-order valence-corrected chi connectivity index (χ1v) is 13.9. The highest BCUT2D eigenvalue weighted by Gasteiger charge is 2.43. The first-order valence-electron chi connectivity index (χ1n) is 12.5. The third-order valence-corrected chi connectivity index (χ3v) is 8.49. The van der Waals surface area contributed by atoms with Crippen LogP contribution in [0.15, 0.2) is 71.6 Å². The van der Waals surface area contributed by atoms with Gasteiger partial charge in [0.05, 0.1) is 25.0 Å². The molecule has 2 aromatic carbocycles. The largest absolute Gasteiger partial charge is 0.744 e. The number of aryl methyl sites for hydroxylation is 1. The number of piperazine rings is 1. The molecular weight excluding hydrogens is 444 g/mol. The first-order chi connectivity index (χ1) is 16.2. The number of nitrogens with zero attached hydrogens (tertiary/aromatic N) is 1. The van der Waals surface area contributed by atoms with Crippen LogP contribution in [0.5, 0.6) is 0 Å². The molecule has 2 aromatic rings. The van der Waals surface area contributed by atoms with E-state index < -0.39 is 10.1 Å². The summed E-state index contributed by atoms with van der Waals surface area (Å²) in [5.41, 5.74) is 2.48. The molecule has 0 amide bonds. The number of quaternary nitrogens is 1. The molecule has 1 heterocycles. The quantitative estimate of drug-likeness (QED) is 0.374. The summed E-state index contributed by atoms with van der Waals surface area (Å²) >= 11 is 0. The van der Waals surface area contributed by atoms with Crippen molar-refractivity contribution in [1.29, 1.82) is 0 Å². The Bertz CT molecular complexity index is 1020. The van der Waals surface area contributed by atoms with Crippen molar-refractivity contribution in [3.63, 3.8) is 0 Å². The zero-order valence-electron chi connectivity index (χ0n) is 20.8. The smallest absolute Gasteiger partial charge is 0.124 e. The van der Waals surface area contributed by atoms with Crippen molar-refractivity contribution in [1.82, 2.24) is 5.32 Å². The lowest BCUT2D eigenvalue weighted by atomic mass is 9.75. The number of hydrogen-bond acceptors (Lipinski definition) is 4. The van der Waals surface area contributed by atoms with Gasteiger partial charge in [-0.05, 0) is 63.1 Å². The Kier molecular flexibility index (Phi) is 9.48. The second-order valence-corrected chi connectivity index (χ2v) is 11.3. The number of hydrogen-bond donors (Lipinski definition) is 1. The van der Waals surface area contributed by atoms with E-state index in [-0.39, 0.29) is 4.90 Å². The Balaban J connectivity index is 0.000000248. The van der Waals surface area contributed by atoms with Crippen molar-refractivity contribution in [2.24, 2.45) is 5.92 Å². The maximum absolute atomic E-state index is 10.4. The molecule has 1 N–H and O–H groups in total. The van der Waals surface area contributed by atoms with Crippen molar-refractivity contribution in [3.8, 4) is 0 Å². The van der Waals surface area contributed by atoms with Gasteiger partial charge in [-0.3, -0.25) is 0 Å². The summed E-state index contributed by atoms with van der Waals surface area (Å²) in [6.07, 6.45) is 10.1. The molecule has 186 valence electrons. The average Bonchev–Trinajstić information content (AvgIpc) is 3.11. The molecule has 6 heteroatoms. The van der Waals surface area contributed by atoms with Crippen LogP contribution in [0.1, 0.15) is 49.7 Å². The van der Waals surface area contributed by atoms with Crippen LogP contribution in [0, 0.1) is 12.8 Å². The maximum atomic E-state index is 10.4. The summed E-state index contributed by atoms with van der Waals surface area (Å²) in [5.74, 6) is 1.45. The SMILES string of the molecule is CC[N+]1(C)CCNCC1C(c1ccccc1)C1CC=CCCC1.Cc1ccc(S(=O)(=O)[O-])cc1. The molecule has 4 unspecified atom stereocenters. The highest BCUT2D eigenvalue weighted by atomic mass is 32.2. The fraction of sp³-hybridized carbons (Fsp3) is 0.500. The van der Waals surface area contributed by atoms with E-state index in [2.05, 4.69) is 61.8 Å². The second kappa shape index (κ2) is 12.1. The minimum Gasteiger partial charge on any atom is -0.744 e. The minimum atomic E-state index is -4.27. The Hall–Kier alpha value is -1.99. The van der Waals surface area contributed by atoms with E-state index in [0.29, 0.717) is 12.0 Å². The van der Waals surface area contributed by atoms with Gasteiger partial charge in [-0.15, -0.1) is 0 Å². The van der Waals surface area contributed by atoms with Crippen LogP contribution in [-0.2, 0) is 10.1 Å². The van der Waals surface area contributed by atoms with Crippen molar-refractivity contribution >= 4 is 10.1 Å². The van der Waals surface area contributed by atoms with Gasteiger partial charge in [-0.1, -0.05) is 60.2 Å². The zero-order chi connectivity index (χ0) is 24.6. The summed E-state index contributed by atoms with van der Waals surface area (Å²) in [4.78, 5) is -0.178. The Labute approximate surface area is 206 Å². The molecule has 4 rings (SSSR count). The zero-order valence-corrected chi connectivity index (χ0v) is 21.6. The molecule has 5 nitrogen and oxygen atoms in total. The van der Waals surface area contributed by atoms with E-state index in [1.807, 2.05) is 6.92 Å². The molecule has 0 saturated carbocycles.